The van der Waals surface area contributed by atoms with Crippen LogP contribution in [0, 0.1) is 0 Å². The highest BCUT2D eigenvalue weighted by atomic mass is 79.9. The number of carbonyl (C=O) groups is 2. The second-order valence-corrected chi connectivity index (χ2v) is 5.46. The van der Waals surface area contributed by atoms with Crippen LogP contribution in [0.5, 0.6) is 0 Å². The normalized spacial score (nSPS) is 15.1. The molecule has 0 radical (unpaired) electrons. The Hall–Kier alpha value is -1.56. The number of ether oxygens (including phenoxy) is 1. The van der Waals surface area contributed by atoms with Crippen LogP contribution in [-0.4, -0.2) is 55.1 Å². The van der Waals surface area contributed by atoms with Gasteiger partial charge in [0.1, 0.15) is 0 Å². The van der Waals surface area contributed by atoms with Crippen molar-refractivity contribution >= 4 is 27.9 Å². The first-order valence-corrected chi connectivity index (χ1v) is 7.25. The topological polar surface area (TPSA) is 49.9 Å². The number of benzene rings is 1. The number of piperazine rings is 1. The molecule has 0 aliphatic carbocycles. The van der Waals surface area contributed by atoms with Gasteiger partial charge in [0.2, 0.25) is 5.91 Å². The summed E-state index contributed by atoms with van der Waals surface area (Å²) in [6.45, 7) is 2.15. The highest BCUT2D eigenvalue weighted by molar-refractivity contribution is 9.10. The van der Waals surface area contributed by atoms with Gasteiger partial charge in [-0.3, -0.25) is 4.79 Å². The molecule has 2 amide bonds. The number of nitrogens with zero attached hydrogens (tertiary/aromatic N) is 2. The van der Waals surface area contributed by atoms with Crippen LogP contribution in [0.15, 0.2) is 28.7 Å². The second kappa shape index (κ2) is 6.74. The summed E-state index contributed by atoms with van der Waals surface area (Å²) >= 11 is 3.45. The van der Waals surface area contributed by atoms with E-state index in [0.717, 1.165) is 10.0 Å². The van der Waals surface area contributed by atoms with Gasteiger partial charge in [0.25, 0.3) is 0 Å². The van der Waals surface area contributed by atoms with Crippen LogP contribution in [0.1, 0.15) is 5.56 Å². The Bertz CT molecular complexity index is 499. The van der Waals surface area contributed by atoms with Crippen LogP contribution in [0.2, 0.25) is 0 Å². The van der Waals surface area contributed by atoms with Gasteiger partial charge in [0, 0.05) is 30.7 Å². The van der Waals surface area contributed by atoms with Gasteiger partial charge < -0.3 is 14.5 Å². The first-order chi connectivity index (χ1) is 9.61. The summed E-state index contributed by atoms with van der Waals surface area (Å²) in [6.07, 6.45) is 0.0440. The van der Waals surface area contributed by atoms with Crippen molar-refractivity contribution in [3.05, 3.63) is 34.3 Å². The van der Waals surface area contributed by atoms with Gasteiger partial charge in [0.05, 0.1) is 13.5 Å². The molecule has 5 nitrogen and oxygen atoms in total. The predicted molar refractivity (Wildman–Crippen MR) is 78.4 cm³/mol. The monoisotopic (exact) mass is 340 g/mol. The maximum absolute atomic E-state index is 12.2. The van der Waals surface area contributed by atoms with Crippen LogP contribution in [0.4, 0.5) is 4.79 Å². The zero-order valence-electron chi connectivity index (χ0n) is 11.3. The van der Waals surface area contributed by atoms with Crippen molar-refractivity contribution in [1.82, 2.24) is 9.80 Å². The fourth-order valence-corrected chi connectivity index (χ4v) is 2.61. The standard InChI is InChI=1S/C14H17BrN2O3/c1-20-14(19)17-8-6-16(7-9-17)13(18)10-11-4-2-3-5-12(11)15/h2-5H,6-10H2,1H3. The van der Waals surface area contributed by atoms with Crippen molar-refractivity contribution in [2.75, 3.05) is 33.3 Å². The third-order valence-electron chi connectivity index (χ3n) is 3.36. The lowest BCUT2D eigenvalue weighted by molar-refractivity contribution is -0.132. The Kier molecular flexibility index (Phi) is 5.00. The Morgan fingerprint density at radius 2 is 1.75 bits per heavy atom. The zero-order valence-corrected chi connectivity index (χ0v) is 12.9. The molecule has 6 heteroatoms. The molecule has 1 aromatic carbocycles. The average Bonchev–Trinajstić information content (AvgIpc) is 2.49. The SMILES string of the molecule is COC(=O)N1CCN(C(=O)Cc2ccccc2Br)CC1. The summed E-state index contributed by atoms with van der Waals surface area (Å²) in [6, 6.07) is 7.71. The molecule has 1 aromatic rings. The number of amides is 2. The minimum absolute atomic E-state index is 0.0846. The molecule has 0 aromatic heterocycles. The molecule has 1 aliphatic heterocycles. The molecule has 108 valence electrons. The molecule has 1 saturated heterocycles. The van der Waals surface area contributed by atoms with Gasteiger partial charge >= 0.3 is 6.09 Å². The van der Waals surface area contributed by atoms with Crippen LogP contribution >= 0.6 is 15.9 Å². The molecular formula is C14H17BrN2O3. The maximum Gasteiger partial charge on any atom is 0.409 e. The first-order valence-electron chi connectivity index (χ1n) is 6.46. The molecule has 20 heavy (non-hydrogen) atoms. The Labute approximate surface area is 126 Å². The lowest BCUT2D eigenvalue weighted by Gasteiger charge is -2.34. The van der Waals surface area contributed by atoms with Gasteiger partial charge in [-0.25, -0.2) is 4.79 Å². The number of rotatable bonds is 2. The molecule has 0 saturated carbocycles. The molecule has 1 aliphatic rings. The van der Waals surface area contributed by atoms with E-state index in [2.05, 4.69) is 20.7 Å². The number of carbonyl (C=O) groups excluding carboxylic acids is 2. The minimum atomic E-state index is -0.331. The quantitative estimate of drug-likeness (QED) is 0.826. The predicted octanol–water partition coefficient (Wildman–Crippen LogP) is 1.90. The zero-order chi connectivity index (χ0) is 14.5. The Morgan fingerprint density at radius 1 is 1.15 bits per heavy atom. The molecule has 0 bridgehead atoms. The maximum atomic E-state index is 12.2. The van der Waals surface area contributed by atoms with Crippen LogP contribution < -0.4 is 0 Å². The molecular weight excluding hydrogens is 324 g/mol. The third-order valence-corrected chi connectivity index (χ3v) is 4.14. The average molecular weight is 341 g/mol. The van der Waals surface area contributed by atoms with E-state index in [9.17, 15) is 9.59 Å². The van der Waals surface area contributed by atoms with E-state index in [4.69, 9.17) is 0 Å². The van der Waals surface area contributed by atoms with Crippen LogP contribution in [0.25, 0.3) is 0 Å². The smallest absolute Gasteiger partial charge is 0.409 e. The van der Waals surface area contributed by atoms with Crippen LogP contribution in [0.3, 0.4) is 0 Å². The van der Waals surface area contributed by atoms with E-state index in [1.807, 2.05) is 24.3 Å². The van der Waals surface area contributed by atoms with E-state index >= 15 is 0 Å². The first kappa shape index (κ1) is 14.8. The molecule has 0 N–H and O–H groups in total. The molecule has 2 rings (SSSR count). The molecule has 0 unspecified atom stereocenters. The summed E-state index contributed by atoms with van der Waals surface area (Å²) in [7, 11) is 1.37. The third kappa shape index (κ3) is 3.50. The Morgan fingerprint density at radius 3 is 2.35 bits per heavy atom. The van der Waals surface area contributed by atoms with Crippen molar-refractivity contribution in [3.63, 3.8) is 0 Å². The molecule has 1 fully saturated rings. The summed E-state index contributed by atoms with van der Waals surface area (Å²) in [5.74, 6) is 0.0846. The van der Waals surface area contributed by atoms with E-state index < -0.39 is 0 Å². The number of halogens is 1. The highest BCUT2D eigenvalue weighted by Gasteiger charge is 2.24. The van der Waals surface area contributed by atoms with Gasteiger partial charge in [-0.15, -0.1) is 0 Å². The number of hydrogen-bond donors (Lipinski definition) is 0. The van der Waals surface area contributed by atoms with Crippen LogP contribution in [-0.2, 0) is 16.0 Å². The summed E-state index contributed by atoms with van der Waals surface area (Å²) in [5.41, 5.74) is 0.980. The number of methoxy groups -OCH3 is 1. The largest absolute Gasteiger partial charge is 0.453 e. The fourth-order valence-electron chi connectivity index (χ4n) is 2.18. The summed E-state index contributed by atoms with van der Waals surface area (Å²) in [4.78, 5) is 27.0. The molecule has 0 atom stereocenters. The second-order valence-electron chi connectivity index (χ2n) is 4.61. The molecule has 1 heterocycles. The van der Waals surface area contributed by atoms with E-state index in [1.54, 1.807) is 9.80 Å². The molecule has 0 spiro atoms. The Balaban J connectivity index is 1.89. The minimum Gasteiger partial charge on any atom is -0.453 e. The van der Waals surface area contributed by atoms with Crippen molar-refractivity contribution < 1.29 is 14.3 Å². The van der Waals surface area contributed by atoms with Gasteiger partial charge in [-0.1, -0.05) is 34.1 Å². The summed E-state index contributed by atoms with van der Waals surface area (Å²) in [5, 5.41) is 0. The number of hydrogen-bond acceptors (Lipinski definition) is 3. The van der Waals surface area contributed by atoms with E-state index in [-0.39, 0.29) is 12.0 Å². The van der Waals surface area contributed by atoms with Crippen molar-refractivity contribution in [1.29, 1.82) is 0 Å². The lowest BCUT2D eigenvalue weighted by Crippen LogP contribution is -2.50. The van der Waals surface area contributed by atoms with Gasteiger partial charge in [-0.05, 0) is 11.6 Å². The van der Waals surface area contributed by atoms with E-state index in [1.165, 1.54) is 7.11 Å². The van der Waals surface area contributed by atoms with Crippen molar-refractivity contribution in [2.45, 2.75) is 6.42 Å². The van der Waals surface area contributed by atoms with Gasteiger partial charge in [-0.2, -0.15) is 0 Å². The highest BCUT2D eigenvalue weighted by Crippen LogP contribution is 2.17. The van der Waals surface area contributed by atoms with E-state index in [0.29, 0.717) is 32.6 Å². The van der Waals surface area contributed by atoms with Crippen molar-refractivity contribution in [3.8, 4) is 0 Å². The van der Waals surface area contributed by atoms with Gasteiger partial charge in [0.15, 0.2) is 0 Å². The van der Waals surface area contributed by atoms with Crippen molar-refractivity contribution in [2.24, 2.45) is 0 Å². The fraction of sp³-hybridized carbons (Fsp3) is 0.429. The summed E-state index contributed by atoms with van der Waals surface area (Å²) < 4.78 is 5.62. The lowest BCUT2D eigenvalue weighted by atomic mass is 10.1.